The predicted molar refractivity (Wildman–Crippen MR) is 39.8 cm³/mol. The molecule has 0 aromatic rings. The summed E-state index contributed by atoms with van der Waals surface area (Å²) in [6, 6.07) is 0. The van der Waals surface area contributed by atoms with Gasteiger partial charge in [0.2, 0.25) is 0 Å². The molecule has 0 spiro atoms. The summed E-state index contributed by atoms with van der Waals surface area (Å²) in [5.41, 5.74) is 0. The summed E-state index contributed by atoms with van der Waals surface area (Å²) in [5.74, 6) is -0.461. The van der Waals surface area contributed by atoms with Gasteiger partial charge < -0.3 is 4.74 Å². The van der Waals surface area contributed by atoms with Crippen LogP contribution in [0.1, 0.15) is 6.92 Å². The average molecular weight is 312 g/mol. The number of carbonyl (C=O) groups is 1. The van der Waals surface area contributed by atoms with Gasteiger partial charge in [-0.25, -0.2) is 0 Å². The third-order valence-corrected chi connectivity index (χ3v) is 0.305. The van der Waals surface area contributed by atoms with Gasteiger partial charge in [0.05, 0.1) is 13.5 Å². The van der Waals surface area contributed by atoms with E-state index in [9.17, 15) is 4.79 Å². The fourth-order valence-electron chi connectivity index (χ4n) is 0.161. The van der Waals surface area contributed by atoms with Crippen molar-refractivity contribution in [3.63, 3.8) is 0 Å². The summed E-state index contributed by atoms with van der Waals surface area (Å²) in [6.07, 6.45) is 0. The molecule has 51 valence electrons. The van der Waals surface area contributed by atoms with E-state index in [1.54, 1.807) is 6.92 Å². The largest absolute Gasteiger partial charge is 0.466 e. The first-order valence-corrected chi connectivity index (χ1v) is 16.2. The van der Waals surface area contributed by atoms with Crippen molar-refractivity contribution in [2.75, 3.05) is 6.61 Å². The van der Waals surface area contributed by atoms with Crippen molar-refractivity contribution in [3.8, 4) is 0 Å². The second-order valence-corrected chi connectivity index (χ2v) is 15.0. The van der Waals surface area contributed by atoms with Crippen LogP contribution in [0.4, 0.5) is 0 Å². The zero-order valence-electron chi connectivity index (χ0n) is 5.19. The summed E-state index contributed by atoms with van der Waals surface area (Å²) in [4.78, 5) is 9.71. The van der Waals surface area contributed by atoms with Gasteiger partial charge in [-0.1, -0.05) is 0 Å². The molecule has 0 fully saturated rings. The average Bonchev–Trinajstić information content (AvgIpc) is 1.67. The molecule has 0 saturated carbocycles. The summed E-state index contributed by atoms with van der Waals surface area (Å²) >= 11 is 6.25. The van der Waals surface area contributed by atoms with E-state index in [0.717, 1.165) is 0 Å². The van der Waals surface area contributed by atoms with E-state index in [-0.39, 0.29) is 13.2 Å². The Labute approximate surface area is 76.0 Å². The first-order valence-electron chi connectivity index (χ1n) is 2.29. The van der Waals surface area contributed by atoms with Crippen molar-refractivity contribution in [1.29, 1.82) is 0 Å². The smallest absolute Gasteiger partial charge is 0.306 e. The van der Waals surface area contributed by atoms with Gasteiger partial charge in [-0.15, -0.1) is 0 Å². The molecular weight excluding hydrogens is 305 g/mol. The number of rotatable bonds is 1. The van der Waals surface area contributed by atoms with Crippen LogP contribution in [0.3, 0.4) is 0 Å². The Balaban J connectivity index is 0. The van der Waals surface area contributed by atoms with Crippen molar-refractivity contribution in [1.82, 2.24) is 0 Å². The first-order chi connectivity index (χ1) is 4.18. The molecule has 2 nitrogen and oxygen atoms in total. The first kappa shape index (κ1) is 12.7. The molecule has 0 bridgehead atoms. The molecule has 0 rings (SSSR count). The van der Waals surface area contributed by atoms with E-state index >= 15 is 0 Å². The summed E-state index contributed by atoms with van der Waals surface area (Å²) in [7, 11) is 0. The van der Waals surface area contributed by atoms with Crippen LogP contribution < -0.4 is 0 Å². The Kier molecular flexibility index (Phi) is 16.7. The number of hydrogen-bond donors (Lipinski definition) is 0. The number of esters is 1. The minimum absolute atomic E-state index is 0.250. The van der Waals surface area contributed by atoms with Gasteiger partial charge in [0.25, 0.3) is 0 Å². The SMILES string of the molecule is [Br][Zn][Br].[CH2]C(=O)OCC. The zero-order valence-corrected chi connectivity index (χ0v) is 11.3. The fourth-order valence-corrected chi connectivity index (χ4v) is 0.161. The molecule has 0 N–H and O–H groups in total. The standard InChI is InChI=1S/C4H7O2.2BrH.Zn/c1-3-6-4(2)5;;;/h2-3H2,1H3;2*1H;/q;;;+2/p-2. The monoisotopic (exact) mass is 309 g/mol. The molecule has 5 heteroatoms. The topological polar surface area (TPSA) is 26.3 Å². The third kappa shape index (κ3) is 27.4. The molecular formula is C4H7Br2O2Zn. The summed E-state index contributed by atoms with van der Waals surface area (Å²) in [5, 5.41) is 0. The maximum absolute atomic E-state index is 9.71. The number of hydrogen-bond acceptors (Lipinski definition) is 2. The van der Waals surface area contributed by atoms with E-state index in [4.69, 9.17) is 0 Å². The molecule has 0 heterocycles. The fraction of sp³-hybridized carbons (Fsp3) is 0.500. The zero-order chi connectivity index (χ0) is 7.70. The minimum Gasteiger partial charge on any atom is -0.466 e. The minimum atomic E-state index is -0.461. The van der Waals surface area contributed by atoms with Crippen molar-refractivity contribution in [3.05, 3.63) is 6.92 Å². The van der Waals surface area contributed by atoms with Gasteiger partial charge >= 0.3 is 46.4 Å². The Morgan fingerprint density at radius 2 is 2.11 bits per heavy atom. The van der Waals surface area contributed by atoms with E-state index in [2.05, 4.69) is 38.9 Å². The van der Waals surface area contributed by atoms with Crippen LogP contribution in [-0.4, -0.2) is 12.6 Å². The van der Waals surface area contributed by atoms with Gasteiger partial charge in [-0.2, -0.15) is 0 Å². The van der Waals surface area contributed by atoms with Gasteiger partial charge in [0.15, 0.2) is 0 Å². The van der Waals surface area contributed by atoms with E-state index < -0.39 is 5.97 Å². The molecule has 0 aromatic carbocycles. The Morgan fingerprint density at radius 1 is 1.78 bits per heavy atom. The molecule has 1 radical (unpaired) electrons. The van der Waals surface area contributed by atoms with Gasteiger partial charge in [-0.05, 0) is 6.92 Å². The normalized spacial score (nSPS) is 6.22. The molecule has 0 atom stereocenters. The Bertz CT molecular complexity index is 69.6. The van der Waals surface area contributed by atoms with Crippen molar-refractivity contribution in [2.24, 2.45) is 0 Å². The molecule has 0 aliphatic rings. The molecule has 0 aliphatic carbocycles. The van der Waals surface area contributed by atoms with E-state index in [0.29, 0.717) is 6.61 Å². The number of ether oxygens (including phenoxy) is 1. The summed E-state index contributed by atoms with van der Waals surface area (Å²) < 4.78 is 4.29. The van der Waals surface area contributed by atoms with Crippen molar-refractivity contribution < 1.29 is 22.7 Å². The van der Waals surface area contributed by atoms with E-state index in [1.165, 1.54) is 0 Å². The van der Waals surface area contributed by atoms with Gasteiger partial charge in [0.1, 0.15) is 0 Å². The molecule has 0 unspecified atom stereocenters. The maximum Gasteiger partial charge on any atom is 0.306 e. The molecule has 0 saturated heterocycles. The quantitative estimate of drug-likeness (QED) is 0.547. The predicted octanol–water partition coefficient (Wildman–Crippen LogP) is 2.07. The number of carbonyl (C=O) groups excluding carboxylic acids is 1. The van der Waals surface area contributed by atoms with Gasteiger partial charge in [0, 0.05) is 0 Å². The van der Waals surface area contributed by atoms with Crippen LogP contribution in [0.2, 0.25) is 0 Å². The second-order valence-electron chi connectivity index (χ2n) is 0.906. The molecule has 0 aromatic heterocycles. The van der Waals surface area contributed by atoms with Gasteiger partial charge in [-0.3, -0.25) is 4.79 Å². The maximum atomic E-state index is 9.71. The van der Waals surface area contributed by atoms with Crippen LogP contribution in [0, 0.1) is 6.92 Å². The van der Waals surface area contributed by atoms with Crippen molar-refractivity contribution >= 4 is 33.2 Å². The Morgan fingerprint density at radius 3 is 2.11 bits per heavy atom. The van der Waals surface area contributed by atoms with Crippen LogP contribution in [-0.2, 0) is 22.7 Å². The number of halogens is 2. The Hall–Kier alpha value is 1.05. The van der Waals surface area contributed by atoms with Crippen LogP contribution in [0.25, 0.3) is 0 Å². The summed E-state index contributed by atoms with van der Waals surface area (Å²) in [6.45, 7) is 5.13. The third-order valence-electron chi connectivity index (χ3n) is 0.305. The van der Waals surface area contributed by atoms with Crippen LogP contribution in [0.15, 0.2) is 0 Å². The second kappa shape index (κ2) is 11.8. The van der Waals surface area contributed by atoms with Crippen LogP contribution in [0.5, 0.6) is 0 Å². The molecule has 9 heavy (non-hydrogen) atoms. The van der Waals surface area contributed by atoms with E-state index in [1.807, 2.05) is 0 Å². The molecule has 0 aliphatic heterocycles. The van der Waals surface area contributed by atoms with Crippen LogP contribution >= 0.6 is 27.2 Å². The van der Waals surface area contributed by atoms with Crippen molar-refractivity contribution in [2.45, 2.75) is 6.92 Å². The molecule has 0 amide bonds.